The smallest absolute Gasteiger partial charge is 0.409 e. The van der Waals surface area contributed by atoms with Gasteiger partial charge in [0.25, 0.3) is 5.91 Å². The maximum Gasteiger partial charge on any atom is 0.409 e. The number of nitrogens with zero attached hydrogens (tertiary/aromatic N) is 3. The number of carboxylic acid groups (broad SMARTS) is 1. The molecule has 0 aromatic carbocycles. The van der Waals surface area contributed by atoms with Crippen molar-refractivity contribution in [3.8, 4) is 0 Å². The minimum Gasteiger partial charge on any atom is -0.465 e. The van der Waals surface area contributed by atoms with E-state index in [1.54, 1.807) is 27.8 Å². The van der Waals surface area contributed by atoms with Crippen LogP contribution in [0.15, 0.2) is 10.1 Å². The Hall–Kier alpha value is -2.78. The average Bonchev–Trinajstić information content (AvgIpc) is 3.21. The highest BCUT2D eigenvalue weighted by Crippen LogP contribution is 2.34. The van der Waals surface area contributed by atoms with Gasteiger partial charge in [-0.3, -0.25) is 14.8 Å². The number of nitrogens with one attached hydrogen (secondary N) is 3. The molecular formula is C20H26BrFN6O6S. The van der Waals surface area contributed by atoms with Gasteiger partial charge >= 0.3 is 12.2 Å². The van der Waals surface area contributed by atoms with E-state index in [2.05, 4.69) is 42.0 Å². The predicted octanol–water partition coefficient (Wildman–Crippen LogP) is 4.06. The van der Waals surface area contributed by atoms with Crippen LogP contribution in [0.3, 0.4) is 0 Å². The molecule has 15 heteroatoms. The summed E-state index contributed by atoms with van der Waals surface area (Å²) in [5.74, 6) is -0.661. The van der Waals surface area contributed by atoms with Crippen molar-refractivity contribution in [3.63, 3.8) is 0 Å². The van der Waals surface area contributed by atoms with E-state index in [0.29, 0.717) is 21.7 Å². The molecular weight excluding hydrogens is 551 g/mol. The van der Waals surface area contributed by atoms with Crippen LogP contribution in [0.4, 0.5) is 24.7 Å². The summed E-state index contributed by atoms with van der Waals surface area (Å²) in [5, 5.41) is 20.6. The second kappa shape index (κ2) is 10.9. The van der Waals surface area contributed by atoms with E-state index < -0.39 is 42.0 Å². The molecule has 2 aromatic heterocycles. The number of ether oxygens (including phenoxy) is 2. The molecule has 0 spiro atoms. The number of hydrogen-bond acceptors (Lipinski definition) is 8. The fourth-order valence-corrected chi connectivity index (χ4v) is 4.83. The Kier molecular flexibility index (Phi) is 8.33. The zero-order valence-electron chi connectivity index (χ0n) is 19.4. The van der Waals surface area contributed by atoms with Crippen LogP contribution in [0.25, 0.3) is 0 Å². The molecule has 0 bridgehead atoms. The highest BCUT2D eigenvalue weighted by molar-refractivity contribution is 9.11. The Labute approximate surface area is 212 Å². The highest BCUT2D eigenvalue weighted by atomic mass is 79.9. The van der Waals surface area contributed by atoms with Gasteiger partial charge in [-0.05, 0) is 49.5 Å². The summed E-state index contributed by atoms with van der Waals surface area (Å²) in [6.07, 6.45) is -2.13. The van der Waals surface area contributed by atoms with Crippen LogP contribution in [0.2, 0.25) is 0 Å². The molecule has 1 aliphatic rings. The molecule has 192 valence electrons. The molecule has 1 aliphatic heterocycles. The largest absolute Gasteiger partial charge is 0.465 e. The first-order valence-corrected chi connectivity index (χ1v) is 12.2. The van der Waals surface area contributed by atoms with E-state index in [1.165, 1.54) is 10.9 Å². The summed E-state index contributed by atoms with van der Waals surface area (Å²) in [7, 11) is 1.65. The molecule has 0 unspecified atom stereocenters. The van der Waals surface area contributed by atoms with E-state index in [4.69, 9.17) is 14.6 Å². The lowest BCUT2D eigenvalue weighted by molar-refractivity contribution is 0.0202. The lowest BCUT2D eigenvalue weighted by atomic mass is 10.0. The predicted molar refractivity (Wildman–Crippen MR) is 129 cm³/mol. The van der Waals surface area contributed by atoms with E-state index in [9.17, 15) is 18.8 Å². The number of carbonyl (C=O) groups excluding carboxylic acids is 2. The van der Waals surface area contributed by atoms with Gasteiger partial charge in [0.05, 0.1) is 30.2 Å². The molecule has 1 saturated heterocycles. The number of thiazole rings is 1. The number of hydrogen-bond donors (Lipinski definition) is 4. The van der Waals surface area contributed by atoms with E-state index in [-0.39, 0.29) is 23.7 Å². The summed E-state index contributed by atoms with van der Waals surface area (Å²) >= 11 is 4.10. The van der Waals surface area contributed by atoms with Gasteiger partial charge in [-0.15, -0.1) is 0 Å². The summed E-state index contributed by atoms with van der Waals surface area (Å²) in [5.41, 5.74) is -0.0347. The average molecular weight is 577 g/mol. The normalized spacial score (nSPS) is 20.6. The number of aromatic nitrogens is 3. The fourth-order valence-electron chi connectivity index (χ4n) is 3.49. The third-order valence-electron chi connectivity index (χ3n) is 4.91. The Morgan fingerprint density at radius 3 is 2.69 bits per heavy atom. The number of halogens is 2. The van der Waals surface area contributed by atoms with E-state index in [1.807, 2.05) is 0 Å². The third kappa shape index (κ3) is 7.11. The molecule has 0 aliphatic carbocycles. The Bertz CT molecular complexity index is 1100. The first-order chi connectivity index (χ1) is 16.3. The summed E-state index contributed by atoms with van der Waals surface area (Å²) in [4.78, 5) is 40.0. The van der Waals surface area contributed by atoms with Crippen LogP contribution in [0, 0.1) is 0 Å². The van der Waals surface area contributed by atoms with Gasteiger partial charge in [0, 0.05) is 7.05 Å². The maximum atomic E-state index is 14.7. The van der Waals surface area contributed by atoms with Gasteiger partial charge in [0.1, 0.15) is 22.9 Å². The van der Waals surface area contributed by atoms with Crippen molar-refractivity contribution in [1.82, 2.24) is 20.1 Å². The van der Waals surface area contributed by atoms with Gasteiger partial charge in [-0.2, -0.15) is 5.10 Å². The Balaban J connectivity index is 1.73. The molecule has 3 amide bonds. The first-order valence-electron chi connectivity index (χ1n) is 10.6. The van der Waals surface area contributed by atoms with Crippen LogP contribution in [-0.4, -0.2) is 62.4 Å². The quantitative estimate of drug-likeness (QED) is 0.415. The van der Waals surface area contributed by atoms with Crippen molar-refractivity contribution in [3.05, 3.63) is 21.5 Å². The van der Waals surface area contributed by atoms with Gasteiger partial charge in [0.15, 0.2) is 9.61 Å². The zero-order chi connectivity index (χ0) is 25.9. The number of alkyl carbamates (subject to hydrolysis) is 1. The minimum atomic E-state index is -1.46. The number of alkyl halides is 1. The molecule has 4 N–H and O–H groups in total. The molecule has 0 radical (unpaired) electrons. The molecule has 2 aromatic rings. The van der Waals surface area contributed by atoms with Crippen molar-refractivity contribution in [2.24, 2.45) is 7.05 Å². The van der Waals surface area contributed by atoms with Crippen molar-refractivity contribution in [2.45, 2.75) is 57.5 Å². The highest BCUT2D eigenvalue weighted by Gasteiger charge is 2.33. The van der Waals surface area contributed by atoms with Crippen LogP contribution >= 0.6 is 27.3 Å². The van der Waals surface area contributed by atoms with Gasteiger partial charge in [-0.25, -0.2) is 19.0 Å². The lowest BCUT2D eigenvalue weighted by Gasteiger charge is -2.24. The van der Waals surface area contributed by atoms with Gasteiger partial charge < -0.3 is 25.2 Å². The molecule has 3 heterocycles. The van der Waals surface area contributed by atoms with Gasteiger partial charge in [-0.1, -0.05) is 11.3 Å². The maximum absolute atomic E-state index is 14.7. The van der Waals surface area contributed by atoms with E-state index in [0.717, 1.165) is 11.3 Å². The van der Waals surface area contributed by atoms with Gasteiger partial charge in [0.2, 0.25) is 0 Å². The summed E-state index contributed by atoms with van der Waals surface area (Å²) < 4.78 is 27.6. The molecule has 3 atom stereocenters. The summed E-state index contributed by atoms with van der Waals surface area (Å²) in [6.45, 7) is 4.87. The lowest BCUT2D eigenvalue weighted by Crippen LogP contribution is -2.44. The number of aryl methyl sites for hydroxylation is 1. The molecule has 3 rings (SSSR count). The molecule has 0 saturated carbocycles. The number of rotatable bonds is 5. The molecule has 35 heavy (non-hydrogen) atoms. The molecule has 1 fully saturated rings. The second-order valence-corrected chi connectivity index (χ2v) is 11.0. The van der Waals surface area contributed by atoms with E-state index >= 15 is 0 Å². The van der Waals surface area contributed by atoms with Crippen LogP contribution in [-0.2, 0) is 16.5 Å². The van der Waals surface area contributed by atoms with Crippen molar-refractivity contribution in [2.75, 3.05) is 17.2 Å². The van der Waals surface area contributed by atoms with Crippen molar-refractivity contribution < 1.29 is 33.4 Å². The molecule has 12 nitrogen and oxygen atoms in total. The van der Waals surface area contributed by atoms with Crippen LogP contribution < -0.4 is 16.0 Å². The number of amides is 3. The minimum absolute atomic E-state index is 0.0503. The van der Waals surface area contributed by atoms with Crippen LogP contribution in [0.1, 0.15) is 55.9 Å². The Morgan fingerprint density at radius 1 is 1.31 bits per heavy atom. The monoisotopic (exact) mass is 576 g/mol. The SMILES string of the molecule is Cn1ncc(NC(=O)c2nc(Br)sc2NC(=O)O)c1[C@@H]1CC[C@@H](NC(=O)OC(C)(C)C)[C@@H](F)CO1. The standard InChI is InChI=1S/C20H26BrFN6O6S/c1-20(2,3)34-19(32)25-10-5-6-12(33-8-9(10)22)14-11(7-23-28(14)4)24-15(29)13-16(27-18(30)31)35-17(21)26-13/h7,9-10,12,27H,5-6,8H2,1-4H3,(H,24,29)(H,25,32)(H,30,31)/t9-,10+,12-/m0/s1. The summed E-state index contributed by atoms with van der Waals surface area (Å²) in [6, 6.07) is -0.807. The third-order valence-corrected chi connectivity index (χ3v) is 6.33. The zero-order valence-corrected chi connectivity index (χ0v) is 21.8. The Morgan fingerprint density at radius 2 is 2.03 bits per heavy atom. The number of anilines is 2. The topological polar surface area (TPSA) is 157 Å². The second-order valence-electron chi connectivity index (χ2n) is 8.76. The first kappa shape index (κ1) is 26.8. The fraction of sp³-hybridized carbons (Fsp3) is 0.550. The van der Waals surface area contributed by atoms with Crippen LogP contribution in [0.5, 0.6) is 0 Å². The van der Waals surface area contributed by atoms with Crippen molar-refractivity contribution >= 4 is 56.0 Å². The van der Waals surface area contributed by atoms with Crippen molar-refractivity contribution in [1.29, 1.82) is 0 Å². The number of carbonyl (C=O) groups is 3.